The highest BCUT2D eigenvalue weighted by molar-refractivity contribution is 9.10. The lowest BCUT2D eigenvalue weighted by Crippen LogP contribution is -2.30. The van der Waals surface area contributed by atoms with Crippen molar-refractivity contribution in [3.05, 3.63) is 27.7 Å². The minimum Gasteiger partial charge on any atom is -0.491 e. The standard InChI is InChI=1S/C13H16BrClN2O2S/c1-17(6-4-12(16)20)13(18)5-7-19-11-8-9(14)2-3-10(11)15/h2-3,8H,4-7H2,1H3,(H2,16,20). The quantitative estimate of drug-likeness (QED) is 0.740. The number of rotatable bonds is 7. The summed E-state index contributed by atoms with van der Waals surface area (Å²) in [5.74, 6) is 0.534. The maximum Gasteiger partial charge on any atom is 0.225 e. The number of amides is 1. The Hall–Kier alpha value is -0.850. The Morgan fingerprint density at radius 1 is 1.50 bits per heavy atom. The molecule has 0 fully saturated rings. The van der Waals surface area contributed by atoms with Crippen LogP contribution in [0.25, 0.3) is 0 Å². The van der Waals surface area contributed by atoms with Gasteiger partial charge in [-0.3, -0.25) is 4.79 Å². The lowest BCUT2D eigenvalue weighted by molar-refractivity contribution is -0.130. The number of hydrogen-bond acceptors (Lipinski definition) is 3. The lowest BCUT2D eigenvalue weighted by atomic mass is 10.3. The van der Waals surface area contributed by atoms with Gasteiger partial charge in [0.25, 0.3) is 0 Å². The van der Waals surface area contributed by atoms with Crippen LogP contribution in [0, 0.1) is 0 Å². The van der Waals surface area contributed by atoms with Crippen molar-refractivity contribution in [2.24, 2.45) is 5.73 Å². The number of hydrogen-bond donors (Lipinski definition) is 1. The Morgan fingerprint density at radius 2 is 2.20 bits per heavy atom. The number of nitrogens with zero attached hydrogens (tertiary/aromatic N) is 1. The summed E-state index contributed by atoms with van der Waals surface area (Å²) >= 11 is 14.1. The van der Waals surface area contributed by atoms with Crippen LogP contribution in [0.5, 0.6) is 5.75 Å². The van der Waals surface area contributed by atoms with Gasteiger partial charge in [-0.1, -0.05) is 39.7 Å². The fraction of sp³-hybridized carbons (Fsp3) is 0.385. The zero-order valence-electron chi connectivity index (χ0n) is 11.1. The molecule has 0 bridgehead atoms. The molecule has 0 aliphatic heterocycles. The van der Waals surface area contributed by atoms with E-state index in [1.807, 2.05) is 6.07 Å². The van der Waals surface area contributed by atoms with Crippen LogP contribution in [0.2, 0.25) is 5.02 Å². The number of ether oxygens (including phenoxy) is 1. The van der Waals surface area contributed by atoms with E-state index < -0.39 is 0 Å². The molecular weight excluding hydrogens is 364 g/mol. The van der Waals surface area contributed by atoms with Gasteiger partial charge in [0.15, 0.2) is 0 Å². The summed E-state index contributed by atoms with van der Waals surface area (Å²) < 4.78 is 6.38. The van der Waals surface area contributed by atoms with Crippen LogP contribution >= 0.6 is 39.7 Å². The summed E-state index contributed by atoms with van der Waals surface area (Å²) in [5, 5.41) is 0.516. The highest BCUT2D eigenvalue weighted by Gasteiger charge is 2.10. The average Bonchev–Trinajstić information content (AvgIpc) is 2.39. The number of carbonyl (C=O) groups is 1. The van der Waals surface area contributed by atoms with E-state index in [0.717, 1.165) is 4.47 Å². The predicted molar refractivity (Wildman–Crippen MR) is 88.3 cm³/mol. The molecule has 4 nitrogen and oxygen atoms in total. The average molecular weight is 380 g/mol. The fourth-order valence-electron chi connectivity index (χ4n) is 1.43. The summed E-state index contributed by atoms with van der Waals surface area (Å²) in [4.78, 5) is 13.8. The molecule has 0 heterocycles. The first-order chi connectivity index (χ1) is 9.40. The first kappa shape index (κ1) is 17.2. The van der Waals surface area contributed by atoms with E-state index in [2.05, 4.69) is 15.9 Å². The van der Waals surface area contributed by atoms with E-state index in [-0.39, 0.29) is 18.9 Å². The van der Waals surface area contributed by atoms with Crippen molar-refractivity contribution < 1.29 is 9.53 Å². The second-order valence-electron chi connectivity index (χ2n) is 4.20. The van der Waals surface area contributed by atoms with Crippen LogP contribution in [0.1, 0.15) is 12.8 Å². The van der Waals surface area contributed by atoms with Crippen LogP contribution in [0.15, 0.2) is 22.7 Å². The van der Waals surface area contributed by atoms with Crippen LogP contribution in [0.3, 0.4) is 0 Å². The molecule has 0 aromatic heterocycles. The Balaban J connectivity index is 2.38. The molecule has 0 radical (unpaired) electrons. The number of benzene rings is 1. The molecule has 0 spiro atoms. The van der Waals surface area contributed by atoms with Crippen molar-refractivity contribution in [3.63, 3.8) is 0 Å². The van der Waals surface area contributed by atoms with Gasteiger partial charge in [-0.2, -0.15) is 0 Å². The van der Waals surface area contributed by atoms with Gasteiger partial charge in [-0.05, 0) is 18.2 Å². The third kappa shape index (κ3) is 6.07. The van der Waals surface area contributed by atoms with Gasteiger partial charge in [-0.15, -0.1) is 0 Å². The minimum absolute atomic E-state index is 0.0210. The SMILES string of the molecule is CN(CCC(N)=S)C(=O)CCOc1cc(Br)ccc1Cl. The van der Waals surface area contributed by atoms with Gasteiger partial charge in [0.1, 0.15) is 5.75 Å². The molecule has 0 aliphatic rings. The lowest BCUT2D eigenvalue weighted by Gasteiger charge is -2.17. The van der Waals surface area contributed by atoms with Crippen molar-refractivity contribution in [2.45, 2.75) is 12.8 Å². The van der Waals surface area contributed by atoms with Crippen LogP contribution in [0.4, 0.5) is 0 Å². The molecule has 1 rings (SSSR count). The smallest absolute Gasteiger partial charge is 0.225 e. The van der Waals surface area contributed by atoms with Crippen molar-refractivity contribution >= 4 is 50.6 Å². The molecular formula is C13H16BrClN2O2S. The van der Waals surface area contributed by atoms with E-state index in [9.17, 15) is 4.79 Å². The van der Waals surface area contributed by atoms with E-state index in [0.29, 0.717) is 28.7 Å². The van der Waals surface area contributed by atoms with Gasteiger partial charge in [0.05, 0.1) is 23.0 Å². The largest absolute Gasteiger partial charge is 0.491 e. The fourth-order valence-corrected chi connectivity index (χ4v) is 2.03. The normalized spacial score (nSPS) is 10.2. The highest BCUT2D eigenvalue weighted by atomic mass is 79.9. The third-order valence-electron chi connectivity index (χ3n) is 2.59. The minimum atomic E-state index is -0.0210. The number of nitrogens with two attached hydrogens (primary N) is 1. The molecule has 110 valence electrons. The van der Waals surface area contributed by atoms with Gasteiger partial charge in [0, 0.05) is 24.5 Å². The van der Waals surface area contributed by atoms with Gasteiger partial charge < -0.3 is 15.4 Å². The monoisotopic (exact) mass is 378 g/mol. The van der Waals surface area contributed by atoms with Gasteiger partial charge >= 0.3 is 0 Å². The topological polar surface area (TPSA) is 55.6 Å². The van der Waals surface area contributed by atoms with Crippen molar-refractivity contribution in [2.75, 3.05) is 20.2 Å². The van der Waals surface area contributed by atoms with E-state index in [4.69, 9.17) is 34.3 Å². The highest BCUT2D eigenvalue weighted by Crippen LogP contribution is 2.27. The van der Waals surface area contributed by atoms with Crippen LogP contribution in [-0.2, 0) is 4.79 Å². The first-order valence-electron chi connectivity index (χ1n) is 6.00. The van der Waals surface area contributed by atoms with Crippen molar-refractivity contribution in [1.82, 2.24) is 4.90 Å². The van der Waals surface area contributed by atoms with Crippen molar-refractivity contribution in [3.8, 4) is 5.75 Å². The number of thiocarbonyl (C=S) groups is 1. The Labute approximate surface area is 137 Å². The molecule has 0 saturated carbocycles. The molecule has 1 aromatic rings. The maximum atomic E-state index is 11.8. The number of carbonyl (C=O) groups excluding carboxylic acids is 1. The maximum absolute atomic E-state index is 11.8. The first-order valence-corrected chi connectivity index (χ1v) is 7.58. The zero-order valence-corrected chi connectivity index (χ0v) is 14.2. The van der Waals surface area contributed by atoms with Crippen molar-refractivity contribution in [1.29, 1.82) is 0 Å². The molecule has 0 atom stereocenters. The second-order valence-corrected chi connectivity index (χ2v) is 6.05. The van der Waals surface area contributed by atoms with Crippen LogP contribution in [-0.4, -0.2) is 36.0 Å². The Bertz CT molecular complexity index is 499. The van der Waals surface area contributed by atoms with Gasteiger partial charge in [0.2, 0.25) is 5.91 Å². The van der Waals surface area contributed by atoms with E-state index in [1.54, 1.807) is 24.1 Å². The van der Waals surface area contributed by atoms with E-state index >= 15 is 0 Å². The molecule has 20 heavy (non-hydrogen) atoms. The summed E-state index contributed by atoms with van der Waals surface area (Å²) in [6.45, 7) is 0.790. The number of halogens is 2. The molecule has 1 aromatic carbocycles. The summed E-state index contributed by atoms with van der Waals surface area (Å²) in [7, 11) is 1.71. The molecule has 0 unspecified atom stereocenters. The third-order valence-corrected chi connectivity index (χ3v) is 3.60. The molecule has 2 N–H and O–H groups in total. The van der Waals surface area contributed by atoms with Gasteiger partial charge in [-0.25, -0.2) is 0 Å². The molecule has 7 heteroatoms. The Kier molecular flexibility index (Phi) is 7.26. The molecule has 0 aliphatic carbocycles. The predicted octanol–water partition coefficient (Wildman–Crippen LogP) is 3.01. The summed E-state index contributed by atoms with van der Waals surface area (Å²) in [6, 6.07) is 5.32. The van der Waals surface area contributed by atoms with E-state index in [1.165, 1.54) is 0 Å². The molecule has 0 saturated heterocycles. The summed E-state index contributed by atoms with van der Waals surface area (Å²) in [6.07, 6.45) is 0.798. The second kappa shape index (κ2) is 8.44. The Morgan fingerprint density at radius 3 is 2.85 bits per heavy atom. The zero-order chi connectivity index (χ0) is 15.1. The molecule has 1 amide bonds. The van der Waals surface area contributed by atoms with Crippen LogP contribution < -0.4 is 10.5 Å². The summed E-state index contributed by atoms with van der Waals surface area (Å²) in [5.41, 5.74) is 5.40.